The largest absolute Gasteiger partial charge is 0.476 e. The van der Waals surface area contributed by atoms with Crippen molar-refractivity contribution in [3.63, 3.8) is 0 Å². The third-order valence-electron chi connectivity index (χ3n) is 3.89. The smallest absolute Gasteiger partial charge is 0.356 e. The number of aromatic carboxylic acids is 1. The summed E-state index contributed by atoms with van der Waals surface area (Å²) in [6.45, 7) is 1.99. The molecule has 0 aliphatic rings. The first kappa shape index (κ1) is 15.0. The van der Waals surface area contributed by atoms with Crippen molar-refractivity contribution >= 4 is 5.97 Å². The second-order valence-electron chi connectivity index (χ2n) is 5.52. The summed E-state index contributed by atoms with van der Waals surface area (Å²) in [7, 11) is 0. The van der Waals surface area contributed by atoms with E-state index < -0.39 is 5.97 Å². The van der Waals surface area contributed by atoms with Gasteiger partial charge in [-0.1, -0.05) is 54.6 Å². The van der Waals surface area contributed by atoms with Gasteiger partial charge in [-0.3, -0.25) is 0 Å². The van der Waals surface area contributed by atoms with Gasteiger partial charge >= 0.3 is 5.97 Å². The first-order valence-electron chi connectivity index (χ1n) is 7.57. The predicted molar refractivity (Wildman–Crippen MR) is 89.6 cm³/mol. The van der Waals surface area contributed by atoms with Gasteiger partial charge in [0.2, 0.25) is 0 Å². The second kappa shape index (κ2) is 6.48. The highest BCUT2D eigenvalue weighted by Crippen LogP contribution is 2.22. The van der Waals surface area contributed by atoms with Crippen molar-refractivity contribution < 1.29 is 9.90 Å². The van der Waals surface area contributed by atoms with E-state index in [4.69, 9.17) is 0 Å². The molecule has 4 nitrogen and oxygen atoms in total. The van der Waals surface area contributed by atoms with Gasteiger partial charge in [0.25, 0.3) is 0 Å². The molecular formula is C19H18N2O2. The summed E-state index contributed by atoms with van der Waals surface area (Å²) in [6.07, 6.45) is 1.39. The van der Waals surface area contributed by atoms with Crippen LogP contribution in [0.3, 0.4) is 0 Å². The van der Waals surface area contributed by atoms with Gasteiger partial charge in [0.15, 0.2) is 5.69 Å². The van der Waals surface area contributed by atoms with Crippen LogP contribution in [0.15, 0.2) is 54.6 Å². The Morgan fingerprint density at radius 2 is 1.74 bits per heavy atom. The van der Waals surface area contributed by atoms with Gasteiger partial charge < -0.3 is 10.1 Å². The minimum absolute atomic E-state index is 0.110. The molecule has 1 heterocycles. The number of carbonyl (C=O) groups is 1. The Bertz CT molecular complexity index is 822. The van der Waals surface area contributed by atoms with E-state index in [1.165, 1.54) is 5.56 Å². The normalized spacial score (nSPS) is 10.7. The highest BCUT2D eigenvalue weighted by atomic mass is 16.4. The van der Waals surface area contributed by atoms with E-state index in [9.17, 15) is 9.90 Å². The lowest BCUT2D eigenvalue weighted by atomic mass is 10.1. The van der Waals surface area contributed by atoms with Gasteiger partial charge in [0, 0.05) is 5.56 Å². The third-order valence-corrected chi connectivity index (χ3v) is 3.89. The van der Waals surface area contributed by atoms with Crippen LogP contribution < -0.4 is 0 Å². The minimum Gasteiger partial charge on any atom is -0.476 e. The number of H-pyrrole nitrogens is 1. The van der Waals surface area contributed by atoms with Crippen LogP contribution in [0.1, 0.15) is 27.3 Å². The molecule has 2 aromatic carbocycles. The Labute approximate surface area is 134 Å². The van der Waals surface area contributed by atoms with E-state index in [1.807, 2.05) is 61.5 Å². The Hall–Kier alpha value is -2.88. The maximum Gasteiger partial charge on any atom is 0.356 e. The van der Waals surface area contributed by atoms with Gasteiger partial charge in [-0.2, -0.15) is 0 Å². The zero-order valence-electron chi connectivity index (χ0n) is 12.9. The highest BCUT2D eigenvalue weighted by Gasteiger charge is 2.18. The molecule has 0 fully saturated rings. The van der Waals surface area contributed by atoms with Crippen molar-refractivity contribution in [3.05, 3.63) is 77.1 Å². The van der Waals surface area contributed by atoms with E-state index in [2.05, 4.69) is 9.97 Å². The van der Waals surface area contributed by atoms with Crippen molar-refractivity contribution in [3.8, 4) is 11.4 Å². The summed E-state index contributed by atoms with van der Waals surface area (Å²) in [5.74, 6) is -0.382. The highest BCUT2D eigenvalue weighted by molar-refractivity contribution is 5.87. The Morgan fingerprint density at radius 1 is 1.04 bits per heavy atom. The number of aryl methyl sites for hydroxylation is 3. The van der Waals surface area contributed by atoms with Gasteiger partial charge in [0.1, 0.15) is 5.82 Å². The van der Waals surface area contributed by atoms with Crippen molar-refractivity contribution in [2.75, 3.05) is 0 Å². The van der Waals surface area contributed by atoms with Gasteiger partial charge in [-0.05, 0) is 30.9 Å². The lowest BCUT2D eigenvalue weighted by Gasteiger charge is -2.02. The summed E-state index contributed by atoms with van der Waals surface area (Å²) >= 11 is 0. The molecule has 0 saturated carbocycles. The molecule has 116 valence electrons. The molecule has 0 aliphatic carbocycles. The van der Waals surface area contributed by atoms with Crippen molar-refractivity contribution in [2.24, 2.45) is 0 Å². The molecule has 1 aromatic heterocycles. The first-order chi connectivity index (χ1) is 11.1. The second-order valence-corrected chi connectivity index (χ2v) is 5.52. The number of imidazole rings is 1. The average molecular weight is 306 g/mol. The molecule has 0 saturated heterocycles. The standard InChI is InChI=1S/C19H18N2O2/c1-13-7-5-6-10-15(13)18-20-16(17(21-18)19(22)23)12-11-14-8-3-2-4-9-14/h2-10H,11-12H2,1H3,(H,20,21)(H,22,23). The fourth-order valence-corrected chi connectivity index (χ4v) is 2.65. The number of carboxylic acid groups (broad SMARTS) is 1. The van der Waals surface area contributed by atoms with Crippen LogP contribution in [0.25, 0.3) is 11.4 Å². The number of nitrogens with one attached hydrogen (secondary N) is 1. The minimum atomic E-state index is -0.996. The topological polar surface area (TPSA) is 66.0 Å². The summed E-state index contributed by atoms with van der Waals surface area (Å²) in [6, 6.07) is 17.8. The van der Waals surface area contributed by atoms with Crippen LogP contribution in [0.2, 0.25) is 0 Å². The molecule has 0 unspecified atom stereocenters. The number of benzene rings is 2. The fourth-order valence-electron chi connectivity index (χ4n) is 2.65. The number of nitrogens with zero attached hydrogens (tertiary/aromatic N) is 1. The summed E-state index contributed by atoms with van der Waals surface area (Å²) in [4.78, 5) is 19.0. The van der Waals surface area contributed by atoms with Gasteiger partial charge in [-0.25, -0.2) is 9.78 Å². The van der Waals surface area contributed by atoms with E-state index >= 15 is 0 Å². The van der Waals surface area contributed by atoms with E-state index in [0.29, 0.717) is 17.9 Å². The molecular weight excluding hydrogens is 288 g/mol. The Kier molecular flexibility index (Phi) is 4.24. The number of rotatable bonds is 5. The van der Waals surface area contributed by atoms with Crippen LogP contribution in [-0.2, 0) is 12.8 Å². The van der Waals surface area contributed by atoms with Crippen LogP contribution >= 0.6 is 0 Å². The number of aromatic amines is 1. The SMILES string of the molecule is Cc1ccccc1-c1nc(C(=O)O)c(CCc2ccccc2)[nH]1. The predicted octanol–water partition coefficient (Wildman–Crippen LogP) is 3.87. The molecule has 4 heteroatoms. The summed E-state index contributed by atoms with van der Waals surface area (Å²) in [5.41, 5.74) is 3.95. The zero-order chi connectivity index (χ0) is 16.2. The zero-order valence-corrected chi connectivity index (χ0v) is 12.9. The van der Waals surface area contributed by atoms with Crippen LogP contribution in [0.5, 0.6) is 0 Å². The van der Waals surface area contributed by atoms with E-state index in [0.717, 1.165) is 17.5 Å². The number of aromatic nitrogens is 2. The van der Waals surface area contributed by atoms with Crippen LogP contribution in [0.4, 0.5) is 0 Å². The maximum atomic E-state index is 11.5. The molecule has 23 heavy (non-hydrogen) atoms. The summed E-state index contributed by atoms with van der Waals surface area (Å²) < 4.78 is 0. The Morgan fingerprint density at radius 3 is 2.43 bits per heavy atom. The van der Waals surface area contributed by atoms with Crippen LogP contribution in [0, 0.1) is 6.92 Å². The summed E-state index contributed by atoms with van der Waals surface area (Å²) in [5, 5.41) is 9.41. The molecule has 0 bridgehead atoms. The molecule has 0 spiro atoms. The molecule has 0 amide bonds. The fraction of sp³-hybridized carbons (Fsp3) is 0.158. The maximum absolute atomic E-state index is 11.5. The first-order valence-corrected chi connectivity index (χ1v) is 7.57. The van der Waals surface area contributed by atoms with Crippen LogP contribution in [-0.4, -0.2) is 21.0 Å². The lowest BCUT2D eigenvalue weighted by Crippen LogP contribution is -2.03. The average Bonchev–Trinajstić information content (AvgIpc) is 2.99. The molecule has 3 aromatic rings. The van der Waals surface area contributed by atoms with Gasteiger partial charge in [0.05, 0.1) is 5.69 Å². The van der Waals surface area contributed by atoms with Crippen molar-refractivity contribution in [2.45, 2.75) is 19.8 Å². The van der Waals surface area contributed by atoms with Crippen molar-refractivity contribution in [1.82, 2.24) is 9.97 Å². The molecule has 0 radical (unpaired) electrons. The number of carboxylic acids is 1. The lowest BCUT2D eigenvalue weighted by molar-refractivity contribution is 0.0690. The quantitative estimate of drug-likeness (QED) is 0.752. The monoisotopic (exact) mass is 306 g/mol. The molecule has 0 atom stereocenters. The molecule has 0 aliphatic heterocycles. The Balaban J connectivity index is 1.90. The molecule has 3 rings (SSSR count). The third kappa shape index (κ3) is 3.31. The van der Waals surface area contributed by atoms with Gasteiger partial charge in [-0.15, -0.1) is 0 Å². The number of hydrogen-bond acceptors (Lipinski definition) is 2. The van der Waals surface area contributed by atoms with E-state index in [1.54, 1.807) is 0 Å². The van der Waals surface area contributed by atoms with Crippen molar-refractivity contribution in [1.29, 1.82) is 0 Å². The van der Waals surface area contributed by atoms with E-state index in [-0.39, 0.29) is 5.69 Å². The number of hydrogen-bond donors (Lipinski definition) is 2. The molecule has 2 N–H and O–H groups in total.